The number of halogens is 1. The number of nitrogens with one attached hydrogen (secondary N) is 3. The maximum Gasteiger partial charge on any atom is 0.261 e. The highest BCUT2D eigenvalue weighted by Crippen LogP contribution is 2.19. The minimum atomic E-state index is -3.79. The molecule has 144 valence electrons. The Labute approximate surface area is 168 Å². The lowest BCUT2D eigenvalue weighted by atomic mass is 10.2. The second-order valence-corrected chi connectivity index (χ2v) is 8.18. The van der Waals surface area contributed by atoms with Crippen LogP contribution in [0, 0.1) is 12.7 Å². The van der Waals surface area contributed by atoms with Gasteiger partial charge in [-0.1, -0.05) is 12.1 Å². The summed E-state index contributed by atoms with van der Waals surface area (Å²) in [4.78, 5) is -0.0142. The Morgan fingerprint density at radius 3 is 2.11 bits per heavy atom. The highest BCUT2D eigenvalue weighted by Gasteiger charge is 2.14. The molecular formula is C20H18FN3O2S2. The molecule has 0 aliphatic carbocycles. The Bertz CT molecular complexity index is 1080. The maximum atomic E-state index is 13.0. The Balaban J connectivity index is 1.63. The Morgan fingerprint density at radius 1 is 0.857 bits per heavy atom. The number of aryl methyl sites for hydroxylation is 1. The van der Waals surface area contributed by atoms with E-state index in [4.69, 9.17) is 12.2 Å². The molecule has 0 atom stereocenters. The highest BCUT2D eigenvalue weighted by molar-refractivity contribution is 7.92. The van der Waals surface area contributed by atoms with Crippen molar-refractivity contribution in [2.45, 2.75) is 11.8 Å². The smallest absolute Gasteiger partial charge is 0.261 e. The highest BCUT2D eigenvalue weighted by atomic mass is 32.2. The molecule has 3 aromatic carbocycles. The molecule has 0 amide bonds. The summed E-state index contributed by atoms with van der Waals surface area (Å²) >= 11 is 5.29. The van der Waals surface area contributed by atoms with Crippen LogP contribution >= 0.6 is 12.2 Å². The van der Waals surface area contributed by atoms with Crippen molar-refractivity contribution in [3.05, 3.63) is 84.2 Å². The molecule has 0 aliphatic rings. The lowest BCUT2D eigenvalue weighted by Gasteiger charge is -2.12. The van der Waals surface area contributed by atoms with Gasteiger partial charge in [0.2, 0.25) is 0 Å². The van der Waals surface area contributed by atoms with Gasteiger partial charge in [-0.25, -0.2) is 12.8 Å². The fourth-order valence-electron chi connectivity index (χ4n) is 2.47. The average molecular weight is 416 g/mol. The van der Waals surface area contributed by atoms with Crippen LogP contribution in [0.2, 0.25) is 0 Å². The molecule has 0 heterocycles. The standard InChI is InChI=1S/C20H18FN3O2S2/c1-14-3-2-4-18(13-14)23-20(27)22-16-7-9-17(10-8-16)24-28(25,26)19-11-5-15(21)6-12-19/h2-13,24H,1H3,(H2,22,23,27). The van der Waals surface area contributed by atoms with Gasteiger partial charge in [0.05, 0.1) is 4.90 Å². The number of hydrogen-bond donors (Lipinski definition) is 3. The average Bonchev–Trinajstić information content (AvgIpc) is 2.63. The Kier molecular flexibility index (Phi) is 5.91. The third kappa shape index (κ3) is 5.28. The second-order valence-electron chi connectivity index (χ2n) is 6.09. The van der Waals surface area contributed by atoms with Gasteiger partial charge in [-0.3, -0.25) is 4.72 Å². The Morgan fingerprint density at radius 2 is 1.46 bits per heavy atom. The summed E-state index contributed by atoms with van der Waals surface area (Å²) in [6.45, 7) is 1.99. The fourth-order valence-corrected chi connectivity index (χ4v) is 3.76. The molecule has 0 spiro atoms. The lowest BCUT2D eigenvalue weighted by molar-refractivity contribution is 0.599. The minimum Gasteiger partial charge on any atom is -0.332 e. The zero-order valence-corrected chi connectivity index (χ0v) is 16.6. The molecule has 5 nitrogen and oxygen atoms in total. The van der Waals surface area contributed by atoms with Gasteiger partial charge in [0.25, 0.3) is 10.0 Å². The van der Waals surface area contributed by atoms with Gasteiger partial charge >= 0.3 is 0 Å². The summed E-state index contributed by atoms with van der Waals surface area (Å²) in [7, 11) is -3.79. The Hall–Kier alpha value is -2.97. The summed E-state index contributed by atoms with van der Waals surface area (Å²) in [5.41, 5.74) is 3.08. The number of benzene rings is 3. The molecule has 8 heteroatoms. The molecule has 0 aliphatic heterocycles. The molecule has 3 N–H and O–H groups in total. The normalized spacial score (nSPS) is 10.9. The third-order valence-electron chi connectivity index (χ3n) is 3.79. The van der Waals surface area contributed by atoms with E-state index in [2.05, 4.69) is 15.4 Å². The van der Waals surface area contributed by atoms with E-state index in [1.807, 2.05) is 31.2 Å². The largest absolute Gasteiger partial charge is 0.332 e. The van der Waals surface area contributed by atoms with Gasteiger partial charge in [-0.2, -0.15) is 0 Å². The quantitative estimate of drug-likeness (QED) is 0.525. The van der Waals surface area contributed by atoms with Crippen LogP contribution in [0.5, 0.6) is 0 Å². The van der Waals surface area contributed by atoms with Gasteiger partial charge < -0.3 is 10.6 Å². The zero-order valence-electron chi connectivity index (χ0n) is 14.9. The van der Waals surface area contributed by atoms with Crippen molar-refractivity contribution in [1.82, 2.24) is 0 Å². The van der Waals surface area contributed by atoms with Gasteiger partial charge in [0.15, 0.2) is 5.11 Å². The van der Waals surface area contributed by atoms with E-state index in [1.54, 1.807) is 24.3 Å². The van der Waals surface area contributed by atoms with Crippen LogP contribution in [0.4, 0.5) is 21.5 Å². The SMILES string of the molecule is Cc1cccc(NC(=S)Nc2ccc(NS(=O)(=O)c3ccc(F)cc3)cc2)c1. The number of anilines is 3. The first-order valence-electron chi connectivity index (χ1n) is 8.35. The summed E-state index contributed by atoms with van der Waals surface area (Å²) < 4.78 is 40.1. The van der Waals surface area contributed by atoms with Crippen molar-refractivity contribution in [1.29, 1.82) is 0 Å². The maximum absolute atomic E-state index is 13.0. The third-order valence-corrected chi connectivity index (χ3v) is 5.40. The fraction of sp³-hybridized carbons (Fsp3) is 0.0500. The van der Waals surface area contributed by atoms with E-state index in [-0.39, 0.29) is 4.90 Å². The molecule has 3 rings (SSSR count). The van der Waals surface area contributed by atoms with Gasteiger partial charge in [-0.05, 0) is 85.4 Å². The molecule has 0 radical (unpaired) electrons. The van der Waals surface area contributed by atoms with E-state index >= 15 is 0 Å². The van der Waals surface area contributed by atoms with Crippen LogP contribution in [-0.4, -0.2) is 13.5 Å². The number of rotatable bonds is 5. The van der Waals surface area contributed by atoms with Crippen LogP contribution in [0.25, 0.3) is 0 Å². The monoisotopic (exact) mass is 415 g/mol. The molecule has 0 bridgehead atoms. The van der Waals surface area contributed by atoms with E-state index in [1.165, 1.54) is 12.1 Å². The first kappa shape index (κ1) is 19.8. The van der Waals surface area contributed by atoms with Crippen molar-refractivity contribution in [2.75, 3.05) is 15.4 Å². The molecule has 3 aromatic rings. The van der Waals surface area contributed by atoms with Crippen LogP contribution in [0.3, 0.4) is 0 Å². The lowest BCUT2D eigenvalue weighted by Crippen LogP contribution is -2.19. The van der Waals surface area contributed by atoms with Crippen LogP contribution in [0.1, 0.15) is 5.56 Å². The predicted molar refractivity (Wildman–Crippen MR) is 115 cm³/mol. The number of thiocarbonyl (C=S) groups is 1. The van der Waals surface area contributed by atoms with E-state index in [0.29, 0.717) is 16.5 Å². The van der Waals surface area contributed by atoms with Crippen molar-refractivity contribution >= 4 is 44.4 Å². The summed E-state index contributed by atoms with van der Waals surface area (Å²) in [5.74, 6) is -0.496. The first-order valence-corrected chi connectivity index (χ1v) is 10.2. The van der Waals surface area contributed by atoms with E-state index in [0.717, 1.165) is 23.4 Å². The van der Waals surface area contributed by atoms with Crippen LogP contribution in [-0.2, 0) is 10.0 Å². The summed E-state index contributed by atoms with van der Waals surface area (Å²) in [6.07, 6.45) is 0. The van der Waals surface area contributed by atoms with Crippen molar-refractivity contribution < 1.29 is 12.8 Å². The number of sulfonamides is 1. The molecule has 0 saturated carbocycles. The van der Waals surface area contributed by atoms with E-state index < -0.39 is 15.8 Å². The summed E-state index contributed by atoms with van der Waals surface area (Å²) in [5, 5.41) is 6.55. The van der Waals surface area contributed by atoms with Gasteiger partial charge in [0.1, 0.15) is 5.82 Å². The first-order chi connectivity index (χ1) is 13.3. The van der Waals surface area contributed by atoms with Crippen molar-refractivity contribution in [3.63, 3.8) is 0 Å². The number of hydrogen-bond acceptors (Lipinski definition) is 3. The van der Waals surface area contributed by atoms with Gasteiger partial charge in [0, 0.05) is 17.1 Å². The molecule has 0 aromatic heterocycles. The van der Waals surface area contributed by atoms with Crippen LogP contribution in [0.15, 0.2) is 77.7 Å². The van der Waals surface area contributed by atoms with Crippen molar-refractivity contribution in [3.8, 4) is 0 Å². The molecule has 28 heavy (non-hydrogen) atoms. The minimum absolute atomic E-state index is 0.0142. The topological polar surface area (TPSA) is 70.2 Å². The van der Waals surface area contributed by atoms with Crippen molar-refractivity contribution in [2.24, 2.45) is 0 Å². The van der Waals surface area contributed by atoms with E-state index in [9.17, 15) is 12.8 Å². The van der Waals surface area contributed by atoms with Gasteiger partial charge in [-0.15, -0.1) is 0 Å². The molecule has 0 saturated heterocycles. The molecule has 0 unspecified atom stereocenters. The zero-order chi connectivity index (χ0) is 20.1. The summed E-state index contributed by atoms with van der Waals surface area (Å²) in [6, 6.07) is 19.1. The predicted octanol–water partition coefficient (Wildman–Crippen LogP) is 4.74. The second kappa shape index (κ2) is 8.37. The molecule has 0 fully saturated rings. The van der Waals surface area contributed by atoms with Crippen LogP contribution < -0.4 is 15.4 Å². The molecular weight excluding hydrogens is 397 g/mol.